The van der Waals surface area contributed by atoms with Crippen molar-refractivity contribution in [3.05, 3.63) is 32.2 Å². The summed E-state index contributed by atoms with van der Waals surface area (Å²) in [6.07, 6.45) is 1.15. The summed E-state index contributed by atoms with van der Waals surface area (Å²) in [5.41, 5.74) is 2.58. The molecular formula is C12H15Br3. The van der Waals surface area contributed by atoms with E-state index < -0.39 is 0 Å². The van der Waals surface area contributed by atoms with Crippen molar-refractivity contribution in [1.29, 1.82) is 0 Å². The highest BCUT2D eigenvalue weighted by atomic mass is 79.9. The Balaban J connectivity index is 2.98. The van der Waals surface area contributed by atoms with Gasteiger partial charge in [-0.2, -0.15) is 0 Å². The lowest BCUT2D eigenvalue weighted by molar-refractivity contribution is 0.583. The maximum Gasteiger partial charge on any atom is 0.0409 e. The number of hydrogen-bond acceptors (Lipinski definition) is 0. The lowest BCUT2D eigenvalue weighted by atomic mass is 10.0. The molecule has 1 atom stereocenters. The molecule has 0 aliphatic carbocycles. The molecule has 1 rings (SSSR count). The van der Waals surface area contributed by atoms with E-state index in [9.17, 15) is 0 Å². The molecule has 0 saturated carbocycles. The molecule has 1 unspecified atom stereocenters. The minimum absolute atomic E-state index is 0.420. The second-order valence-corrected chi connectivity index (χ2v) is 7.03. The van der Waals surface area contributed by atoms with E-state index in [-0.39, 0.29) is 0 Å². The molecule has 0 spiro atoms. The van der Waals surface area contributed by atoms with E-state index >= 15 is 0 Å². The summed E-state index contributed by atoms with van der Waals surface area (Å²) in [5.74, 6) is 0.696. The van der Waals surface area contributed by atoms with Gasteiger partial charge in [-0.25, -0.2) is 0 Å². The highest BCUT2D eigenvalue weighted by Crippen LogP contribution is 2.37. The molecule has 0 aromatic heterocycles. The number of benzene rings is 1. The van der Waals surface area contributed by atoms with E-state index in [2.05, 4.69) is 80.7 Å². The van der Waals surface area contributed by atoms with Crippen LogP contribution in [0, 0.1) is 12.8 Å². The van der Waals surface area contributed by atoms with Gasteiger partial charge < -0.3 is 0 Å². The van der Waals surface area contributed by atoms with Gasteiger partial charge in [-0.05, 0) is 42.5 Å². The molecule has 0 saturated heterocycles. The summed E-state index contributed by atoms with van der Waals surface area (Å²) >= 11 is 10.9. The largest absolute Gasteiger partial charge is 0.0838 e. The molecule has 15 heavy (non-hydrogen) atoms. The Bertz CT molecular complexity index is 345. The van der Waals surface area contributed by atoms with Crippen molar-refractivity contribution in [2.24, 2.45) is 5.92 Å². The Labute approximate surface area is 117 Å². The molecule has 3 heteroatoms. The third kappa shape index (κ3) is 3.86. The fraction of sp³-hybridized carbons (Fsp3) is 0.500. The normalized spacial score (nSPS) is 13.3. The molecule has 1 aromatic carbocycles. The van der Waals surface area contributed by atoms with Gasteiger partial charge in [0.15, 0.2) is 0 Å². The monoisotopic (exact) mass is 396 g/mol. The number of rotatable bonds is 3. The molecule has 0 nitrogen and oxygen atoms in total. The fourth-order valence-corrected chi connectivity index (χ4v) is 3.97. The first kappa shape index (κ1) is 13.7. The summed E-state index contributed by atoms with van der Waals surface area (Å²) in [5, 5.41) is 0. The van der Waals surface area contributed by atoms with E-state index in [1.807, 2.05) is 0 Å². The van der Waals surface area contributed by atoms with Crippen LogP contribution in [-0.2, 0) is 0 Å². The van der Waals surface area contributed by atoms with Crippen molar-refractivity contribution >= 4 is 47.8 Å². The summed E-state index contributed by atoms with van der Waals surface area (Å²) in [7, 11) is 0. The van der Waals surface area contributed by atoms with E-state index in [0.717, 1.165) is 6.42 Å². The Morgan fingerprint density at radius 3 is 2.27 bits per heavy atom. The Hall–Kier alpha value is 0.660. The lowest BCUT2D eigenvalue weighted by Crippen LogP contribution is -1.97. The Morgan fingerprint density at radius 1 is 1.13 bits per heavy atom. The Kier molecular flexibility index (Phi) is 5.33. The number of hydrogen-bond donors (Lipinski definition) is 0. The van der Waals surface area contributed by atoms with Crippen LogP contribution in [0.4, 0.5) is 0 Å². The van der Waals surface area contributed by atoms with Crippen LogP contribution in [-0.4, -0.2) is 0 Å². The first-order valence-electron chi connectivity index (χ1n) is 5.01. The van der Waals surface area contributed by atoms with Crippen LogP contribution in [0.25, 0.3) is 0 Å². The van der Waals surface area contributed by atoms with Gasteiger partial charge in [-0.15, -0.1) is 0 Å². The van der Waals surface area contributed by atoms with Gasteiger partial charge in [0, 0.05) is 13.8 Å². The van der Waals surface area contributed by atoms with Gasteiger partial charge in [0.05, 0.1) is 0 Å². The third-order valence-electron chi connectivity index (χ3n) is 2.29. The lowest BCUT2D eigenvalue weighted by Gasteiger charge is -2.15. The molecule has 0 radical (unpaired) electrons. The van der Waals surface area contributed by atoms with Crippen LogP contribution in [0.1, 0.15) is 36.2 Å². The number of aryl methyl sites for hydroxylation is 1. The Morgan fingerprint density at radius 2 is 1.73 bits per heavy atom. The summed E-state index contributed by atoms with van der Waals surface area (Å²) in [4.78, 5) is 0.420. The van der Waals surface area contributed by atoms with Crippen LogP contribution in [0.3, 0.4) is 0 Å². The molecule has 0 fully saturated rings. The van der Waals surface area contributed by atoms with Gasteiger partial charge in [-0.3, -0.25) is 0 Å². The molecular weight excluding hydrogens is 384 g/mol. The average Bonchev–Trinajstić information content (AvgIpc) is 2.09. The van der Waals surface area contributed by atoms with Gasteiger partial charge in [0.25, 0.3) is 0 Å². The second kappa shape index (κ2) is 5.83. The minimum atomic E-state index is 0.420. The van der Waals surface area contributed by atoms with Crippen molar-refractivity contribution in [2.45, 2.75) is 32.0 Å². The molecule has 0 bridgehead atoms. The maximum atomic E-state index is 3.75. The number of alkyl halides is 1. The molecule has 0 heterocycles. The van der Waals surface area contributed by atoms with E-state index in [1.54, 1.807) is 0 Å². The van der Waals surface area contributed by atoms with Gasteiger partial charge >= 0.3 is 0 Å². The molecule has 1 aromatic rings. The van der Waals surface area contributed by atoms with Crippen LogP contribution in [0.15, 0.2) is 21.1 Å². The predicted octanol–water partition coefficient (Wildman–Crippen LogP) is 6.00. The van der Waals surface area contributed by atoms with E-state index in [0.29, 0.717) is 10.7 Å². The van der Waals surface area contributed by atoms with Gasteiger partial charge in [-0.1, -0.05) is 61.6 Å². The van der Waals surface area contributed by atoms with Crippen molar-refractivity contribution in [1.82, 2.24) is 0 Å². The first-order valence-corrected chi connectivity index (χ1v) is 7.51. The second-order valence-electron chi connectivity index (χ2n) is 4.22. The zero-order valence-electron chi connectivity index (χ0n) is 9.15. The van der Waals surface area contributed by atoms with Crippen LogP contribution >= 0.6 is 47.8 Å². The smallest absolute Gasteiger partial charge is 0.0409 e. The van der Waals surface area contributed by atoms with Gasteiger partial charge in [0.2, 0.25) is 0 Å². The van der Waals surface area contributed by atoms with Gasteiger partial charge in [0.1, 0.15) is 0 Å². The van der Waals surface area contributed by atoms with Crippen LogP contribution < -0.4 is 0 Å². The van der Waals surface area contributed by atoms with Crippen molar-refractivity contribution in [3.63, 3.8) is 0 Å². The van der Waals surface area contributed by atoms with Crippen molar-refractivity contribution < 1.29 is 0 Å². The summed E-state index contributed by atoms with van der Waals surface area (Å²) < 4.78 is 2.36. The fourth-order valence-electron chi connectivity index (χ4n) is 1.44. The summed E-state index contributed by atoms with van der Waals surface area (Å²) in [6, 6.07) is 4.36. The van der Waals surface area contributed by atoms with E-state index in [1.165, 1.54) is 20.1 Å². The first-order chi connectivity index (χ1) is 6.91. The number of halogens is 3. The zero-order valence-corrected chi connectivity index (χ0v) is 13.9. The third-order valence-corrected chi connectivity index (χ3v) is 4.70. The van der Waals surface area contributed by atoms with Crippen LogP contribution in [0.5, 0.6) is 0 Å². The maximum absolute atomic E-state index is 3.75. The molecule has 0 N–H and O–H groups in total. The van der Waals surface area contributed by atoms with Crippen molar-refractivity contribution in [2.75, 3.05) is 0 Å². The topological polar surface area (TPSA) is 0 Å². The quantitative estimate of drug-likeness (QED) is 0.547. The molecule has 0 amide bonds. The molecule has 0 aliphatic rings. The summed E-state index contributed by atoms with van der Waals surface area (Å²) in [6.45, 7) is 6.58. The van der Waals surface area contributed by atoms with Crippen LogP contribution in [0.2, 0.25) is 0 Å². The standard InChI is InChI=1S/C12H15Br3/c1-7(2)4-11(14)9-6-10(13)8(3)5-12(9)15/h5-7,11H,4H2,1-3H3. The minimum Gasteiger partial charge on any atom is -0.0838 e. The van der Waals surface area contributed by atoms with E-state index in [4.69, 9.17) is 0 Å². The molecule has 84 valence electrons. The average molecular weight is 399 g/mol. The SMILES string of the molecule is Cc1cc(Br)c(C(Br)CC(C)C)cc1Br. The van der Waals surface area contributed by atoms with Crippen molar-refractivity contribution in [3.8, 4) is 0 Å². The highest BCUT2D eigenvalue weighted by molar-refractivity contribution is 9.11. The predicted molar refractivity (Wildman–Crippen MR) is 77.7 cm³/mol. The zero-order chi connectivity index (χ0) is 11.6. The highest BCUT2D eigenvalue weighted by Gasteiger charge is 2.14. The molecule has 0 aliphatic heterocycles.